The van der Waals surface area contributed by atoms with Crippen molar-refractivity contribution in [2.75, 3.05) is 26.7 Å². The van der Waals surface area contributed by atoms with Gasteiger partial charge in [0.05, 0.1) is 7.11 Å². The summed E-state index contributed by atoms with van der Waals surface area (Å²) in [7, 11) is 1.41. The van der Waals surface area contributed by atoms with Gasteiger partial charge in [0.2, 0.25) is 0 Å². The van der Waals surface area contributed by atoms with Gasteiger partial charge in [0.1, 0.15) is 0 Å². The van der Waals surface area contributed by atoms with Crippen LogP contribution in [0.3, 0.4) is 0 Å². The van der Waals surface area contributed by atoms with Crippen molar-refractivity contribution in [3.05, 3.63) is 11.6 Å². The topological polar surface area (TPSA) is 41.6 Å². The molecule has 1 unspecified atom stereocenters. The Hall–Kier alpha value is -0.870. The fourth-order valence-electron chi connectivity index (χ4n) is 2.35. The number of ether oxygens (including phenoxy) is 1. The molecule has 1 aliphatic heterocycles. The van der Waals surface area contributed by atoms with Gasteiger partial charge in [0.15, 0.2) is 0 Å². The van der Waals surface area contributed by atoms with Crippen LogP contribution in [-0.2, 0) is 9.53 Å². The second-order valence-electron chi connectivity index (χ2n) is 5.00. The lowest BCUT2D eigenvalue weighted by molar-refractivity contribution is -0.136. The average Bonchev–Trinajstić information content (AvgIpc) is 3.08. The van der Waals surface area contributed by atoms with Gasteiger partial charge in [-0.3, -0.25) is 4.90 Å². The van der Waals surface area contributed by atoms with Crippen LogP contribution in [0.4, 0.5) is 0 Å². The summed E-state index contributed by atoms with van der Waals surface area (Å²) in [4.78, 5) is 13.7. The molecule has 0 radical (unpaired) electrons. The smallest absolute Gasteiger partial charge is 0.333 e. The van der Waals surface area contributed by atoms with E-state index in [0.717, 1.165) is 19.1 Å². The summed E-state index contributed by atoms with van der Waals surface area (Å²) in [5, 5.41) is 3.48. The summed E-state index contributed by atoms with van der Waals surface area (Å²) in [6.07, 6.45) is 5.90. The van der Waals surface area contributed by atoms with E-state index < -0.39 is 0 Å². The molecule has 2 fully saturated rings. The van der Waals surface area contributed by atoms with Crippen LogP contribution in [0.25, 0.3) is 0 Å². The van der Waals surface area contributed by atoms with E-state index in [4.69, 9.17) is 0 Å². The number of esters is 1. The molecule has 0 amide bonds. The van der Waals surface area contributed by atoms with Crippen molar-refractivity contribution < 1.29 is 9.53 Å². The molecule has 2 aliphatic rings. The van der Waals surface area contributed by atoms with Gasteiger partial charge < -0.3 is 10.1 Å². The Bertz CT molecular complexity index is 311. The van der Waals surface area contributed by atoms with Gasteiger partial charge >= 0.3 is 5.97 Å². The summed E-state index contributed by atoms with van der Waals surface area (Å²) < 4.78 is 4.65. The SMILES string of the molecule is COC(=O)C(C)=CCNC1CCN(C2CC2)C1. The average molecular weight is 238 g/mol. The van der Waals surface area contributed by atoms with Gasteiger partial charge in [-0.2, -0.15) is 0 Å². The van der Waals surface area contributed by atoms with Gasteiger partial charge in [-0.1, -0.05) is 6.08 Å². The molecule has 0 spiro atoms. The molecule has 0 bridgehead atoms. The number of hydrogen-bond donors (Lipinski definition) is 1. The number of likely N-dealkylation sites (tertiary alicyclic amines) is 1. The standard InChI is InChI=1S/C13H22N2O2/c1-10(13(16)17-2)5-7-14-11-6-8-15(9-11)12-3-4-12/h5,11-12,14H,3-4,6-9H2,1-2H3. The first kappa shape index (κ1) is 12.6. The third-order valence-corrected chi connectivity index (χ3v) is 3.61. The molecule has 2 rings (SSSR count). The van der Waals surface area contributed by atoms with Crippen molar-refractivity contribution in [3.63, 3.8) is 0 Å². The van der Waals surface area contributed by atoms with E-state index in [-0.39, 0.29) is 5.97 Å². The highest BCUT2D eigenvalue weighted by Gasteiger charge is 2.33. The van der Waals surface area contributed by atoms with Crippen molar-refractivity contribution in [3.8, 4) is 0 Å². The lowest BCUT2D eigenvalue weighted by Gasteiger charge is -2.15. The van der Waals surface area contributed by atoms with E-state index in [1.807, 2.05) is 6.08 Å². The number of rotatable bonds is 5. The zero-order valence-corrected chi connectivity index (χ0v) is 10.7. The molecule has 96 valence electrons. The Morgan fingerprint density at radius 1 is 1.47 bits per heavy atom. The molecule has 0 aromatic rings. The Kier molecular flexibility index (Phi) is 4.18. The van der Waals surface area contributed by atoms with Crippen LogP contribution < -0.4 is 5.32 Å². The maximum Gasteiger partial charge on any atom is 0.333 e. The first-order valence-corrected chi connectivity index (χ1v) is 6.43. The van der Waals surface area contributed by atoms with Gasteiger partial charge in [0, 0.05) is 37.3 Å². The number of nitrogens with zero attached hydrogens (tertiary/aromatic N) is 1. The fraction of sp³-hybridized carbons (Fsp3) is 0.769. The van der Waals surface area contributed by atoms with E-state index in [1.165, 1.54) is 32.9 Å². The van der Waals surface area contributed by atoms with Crippen LogP contribution in [0.5, 0.6) is 0 Å². The first-order chi connectivity index (χ1) is 8.20. The summed E-state index contributed by atoms with van der Waals surface area (Å²) in [6.45, 7) is 4.93. The van der Waals surface area contributed by atoms with Gasteiger partial charge in [0.25, 0.3) is 0 Å². The molecule has 1 aliphatic carbocycles. The van der Waals surface area contributed by atoms with Crippen molar-refractivity contribution in [1.29, 1.82) is 0 Å². The molecular weight excluding hydrogens is 216 g/mol. The minimum Gasteiger partial charge on any atom is -0.466 e. The molecule has 1 atom stereocenters. The van der Waals surface area contributed by atoms with Crippen LogP contribution in [0.1, 0.15) is 26.2 Å². The van der Waals surface area contributed by atoms with Crippen molar-refractivity contribution >= 4 is 5.97 Å². The predicted molar refractivity (Wildman–Crippen MR) is 66.8 cm³/mol. The molecule has 1 heterocycles. The Balaban J connectivity index is 1.67. The van der Waals surface area contributed by atoms with Gasteiger partial charge in [-0.15, -0.1) is 0 Å². The molecular formula is C13H22N2O2. The quantitative estimate of drug-likeness (QED) is 0.571. The number of nitrogens with one attached hydrogen (secondary N) is 1. The van der Waals surface area contributed by atoms with Crippen molar-refractivity contribution in [2.24, 2.45) is 0 Å². The fourth-order valence-corrected chi connectivity index (χ4v) is 2.35. The van der Waals surface area contributed by atoms with Crippen molar-refractivity contribution in [2.45, 2.75) is 38.3 Å². The van der Waals surface area contributed by atoms with Crippen LogP contribution >= 0.6 is 0 Å². The highest BCUT2D eigenvalue weighted by molar-refractivity contribution is 5.87. The van der Waals surface area contributed by atoms with E-state index in [1.54, 1.807) is 6.92 Å². The highest BCUT2D eigenvalue weighted by Crippen LogP contribution is 2.29. The Labute approximate surface area is 103 Å². The monoisotopic (exact) mass is 238 g/mol. The lowest BCUT2D eigenvalue weighted by atomic mass is 10.2. The third-order valence-electron chi connectivity index (χ3n) is 3.61. The van der Waals surface area contributed by atoms with Crippen LogP contribution in [0.2, 0.25) is 0 Å². The molecule has 0 aromatic carbocycles. The number of hydrogen-bond acceptors (Lipinski definition) is 4. The van der Waals surface area contributed by atoms with E-state index >= 15 is 0 Å². The van der Waals surface area contributed by atoms with Gasteiger partial charge in [-0.05, 0) is 26.2 Å². The second-order valence-corrected chi connectivity index (χ2v) is 5.00. The Morgan fingerprint density at radius 3 is 2.88 bits per heavy atom. The first-order valence-electron chi connectivity index (χ1n) is 6.43. The van der Waals surface area contributed by atoms with Gasteiger partial charge in [-0.25, -0.2) is 4.79 Å². The summed E-state index contributed by atoms with van der Waals surface area (Å²) >= 11 is 0. The highest BCUT2D eigenvalue weighted by atomic mass is 16.5. The Morgan fingerprint density at radius 2 is 2.24 bits per heavy atom. The zero-order chi connectivity index (χ0) is 12.3. The van der Waals surface area contributed by atoms with E-state index in [0.29, 0.717) is 11.6 Å². The summed E-state index contributed by atoms with van der Waals surface area (Å²) in [5.74, 6) is -0.238. The molecule has 1 saturated heterocycles. The molecule has 4 heteroatoms. The molecule has 0 aromatic heterocycles. The molecule has 17 heavy (non-hydrogen) atoms. The number of carbonyl (C=O) groups excluding carboxylic acids is 1. The van der Waals surface area contributed by atoms with Crippen molar-refractivity contribution in [1.82, 2.24) is 10.2 Å². The largest absolute Gasteiger partial charge is 0.466 e. The predicted octanol–water partition coefficient (Wildman–Crippen LogP) is 0.932. The van der Waals surface area contributed by atoms with E-state index in [2.05, 4.69) is 15.0 Å². The number of carbonyl (C=O) groups is 1. The maximum atomic E-state index is 11.2. The van der Waals surface area contributed by atoms with Crippen LogP contribution in [0.15, 0.2) is 11.6 Å². The van der Waals surface area contributed by atoms with Crippen LogP contribution in [-0.4, -0.2) is 49.7 Å². The summed E-state index contributed by atoms with van der Waals surface area (Å²) in [6, 6.07) is 1.45. The van der Waals surface area contributed by atoms with E-state index in [9.17, 15) is 4.79 Å². The minimum atomic E-state index is -0.238. The lowest BCUT2D eigenvalue weighted by Crippen LogP contribution is -2.33. The molecule has 1 saturated carbocycles. The maximum absolute atomic E-state index is 11.2. The minimum absolute atomic E-state index is 0.238. The molecule has 4 nitrogen and oxygen atoms in total. The second kappa shape index (κ2) is 5.65. The molecule has 1 N–H and O–H groups in total. The summed E-state index contributed by atoms with van der Waals surface area (Å²) in [5.41, 5.74) is 0.678. The zero-order valence-electron chi connectivity index (χ0n) is 10.7. The number of methoxy groups -OCH3 is 1. The third kappa shape index (κ3) is 3.54. The normalized spacial score (nSPS) is 26.2. The van der Waals surface area contributed by atoms with Crippen LogP contribution in [0, 0.1) is 0 Å².